The highest BCUT2D eigenvalue weighted by Crippen LogP contribution is 2.32. The monoisotopic (exact) mass is 275 g/mol. The maximum atomic E-state index is 12.1. The van der Waals surface area contributed by atoms with E-state index in [4.69, 9.17) is 5.73 Å². The van der Waals surface area contributed by atoms with Gasteiger partial charge in [0.25, 0.3) is 0 Å². The molecular weight excluding hydrogens is 263 g/mol. The third kappa shape index (κ3) is 2.55. The molecule has 0 aliphatic heterocycles. The molecule has 2 aromatic rings. The lowest BCUT2D eigenvalue weighted by atomic mass is 10.2. The van der Waals surface area contributed by atoms with Crippen LogP contribution in [0.25, 0.3) is 10.2 Å². The van der Waals surface area contributed by atoms with E-state index >= 15 is 0 Å². The van der Waals surface area contributed by atoms with E-state index in [9.17, 15) is 13.2 Å². The van der Waals surface area contributed by atoms with Crippen molar-refractivity contribution in [1.82, 2.24) is 9.97 Å². The predicted molar refractivity (Wildman–Crippen MR) is 65.7 cm³/mol. The second-order valence-electron chi connectivity index (χ2n) is 4.10. The van der Waals surface area contributed by atoms with Crippen LogP contribution in [0.5, 0.6) is 0 Å². The normalized spacial score (nSPS) is 12.3. The molecule has 2 N–H and O–H groups in total. The molecular formula is C11H12F3N3S. The van der Waals surface area contributed by atoms with Gasteiger partial charge >= 0.3 is 6.18 Å². The molecule has 7 heteroatoms. The third-order valence-electron chi connectivity index (χ3n) is 2.74. The molecule has 0 spiro atoms. The summed E-state index contributed by atoms with van der Waals surface area (Å²) < 4.78 is 36.4. The zero-order chi connectivity index (χ0) is 13.5. The summed E-state index contributed by atoms with van der Waals surface area (Å²) in [6.45, 7) is 3.83. The van der Waals surface area contributed by atoms with Crippen LogP contribution >= 0.6 is 11.3 Å². The van der Waals surface area contributed by atoms with Gasteiger partial charge in [0.15, 0.2) is 0 Å². The van der Waals surface area contributed by atoms with E-state index in [2.05, 4.69) is 9.97 Å². The molecule has 0 aliphatic rings. The number of nitrogens with zero attached hydrogens (tertiary/aromatic N) is 2. The maximum Gasteiger partial charge on any atom is 0.389 e. The number of rotatable bonds is 2. The van der Waals surface area contributed by atoms with Gasteiger partial charge in [-0.25, -0.2) is 9.97 Å². The van der Waals surface area contributed by atoms with Crippen molar-refractivity contribution in [2.24, 2.45) is 0 Å². The standard InChI is InChI=1S/C11H12F3N3S/c1-5-6(2)18-10-8(5)9(15)16-7(17-10)3-4-11(12,13)14/h3-4H2,1-2H3,(H2,15,16,17). The molecule has 0 saturated carbocycles. The van der Waals surface area contributed by atoms with Crippen LogP contribution in [0, 0.1) is 13.8 Å². The lowest BCUT2D eigenvalue weighted by molar-refractivity contribution is -0.134. The van der Waals surface area contributed by atoms with Crippen LogP contribution in [-0.4, -0.2) is 16.1 Å². The van der Waals surface area contributed by atoms with Crippen molar-refractivity contribution in [1.29, 1.82) is 0 Å². The summed E-state index contributed by atoms with van der Waals surface area (Å²) in [5.41, 5.74) is 6.78. The topological polar surface area (TPSA) is 51.8 Å². The lowest BCUT2D eigenvalue weighted by Gasteiger charge is -2.06. The molecule has 18 heavy (non-hydrogen) atoms. The molecule has 0 atom stereocenters. The fraction of sp³-hybridized carbons (Fsp3) is 0.455. The van der Waals surface area contributed by atoms with Crippen LogP contribution in [0.15, 0.2) is 0 Å². The van der Waals surface area contributed by atoms with Gasteiger partial charge in [0, 0.05) is 11.3 Å². The van der Waals surface area contributed by atoms with Crippen molar-refractivity contribution in [2.45, 2.75) is 32.9 Å². The minimum atomic E-state index is -4.20. The summed E-state index contributed by atoms with van der Waals surface area (Å²) in [6, 6.07) is 0. The molecule has 98 valence electrons. The molecule has 0 bridgehead atoms. The fourth-order valence-corrected chi connectivity index (χ4v) is 2.75. The Morgan fingerprint density at radius 1 is 1.22 bits per heavy atom. The van der Waals surface area contributed by atoms with Crippen molar-refractivity contribution in [3.05, 3.63) is 16.3 Å². The van der Waals surface area contributed by atoms with E-state index in [1.165, 1.54) is 11.3 Å². The van der Waals surface area contributed by atoms with E-state index in [0.717, 1.165) is 15.8 Å². The molecule has 0 saturated heterocycles. The average molecular weight is 275 g/mol. The molecule has 0 fully saturated rings. The van der Waals surface area contributed by atoms with Gasteiger partial charge in [-0.3, -0.25) is 0 Å². The van der Waals surface area contributed by atoms with Gasteiger partial charge in [0.2, 0.25) is 0 Å². The van der Waals surface area contributed by atoms with Gasteiger partial charge in [0.1, 0.15) is 16.5 Å². The van der Waals surface area contributed by atoms with Gasteiger partial charge in [-0.2, -0.15) is 13.2 Å². The van der Waals surface area contributed by atoms with Gasteiger partial charge in [-0.1, -0.05) is 0 Å². The zero-order valence-electron chi connectivity index (χ0n) is 9.93. The molecule has 0 amide bonds. The number of aromatic nitrogens is 2. The van der Waals surface area contributed by atoms with Crippen LogP contribution in [0.4, 0.5) is 19.0 Å². The van der Waals surface area contributed by atoms with E-state index in [1.807, 2.05) is 13.8 Å². The first-order valence-corrected chi connectivity index (χ1v) is 6.18. The van der Waals surface area contributed by atoms with Gasteiger partial charge in [-0.15, -0.1) is 11.3 Å². The van der Waals surface area contributed by atoms with Crippen LogP contribution in [0.2, 0.25) is 0 Å². The summed E-state index contributed by atoms with van der Waals surface area (Å²) in [4.78, 5) is 9.82. The summed E-state index contributed by atoms with van der Waals surface area (Å²) in [6.07, 6.45) is -5.37. The first-order valence-electron chi connectivity index (χ1n) is 5.37. The number of nitrogens with two attached hydrogens (primary N) is 1. The van der Waals surface area contributed by atoms with E-state index in [0.29, 0.717) is 4.83 Å². The largest absolute Gasteiger partial charge is 0.389 e. The number of nitrogen functional groups attached to an aromatic ring is 1. The number of fused-ring (bicyclic) bond motifs is 1. The summed E-state index contributed by atoms with van der Waals surface area (Å²) in [5, 5.41) is 0.758. The minimum absolute atomic E-state index is 0.151. The maximum absolute atomic E-state index is 12.1. The quantitative estimate of drug-likeness (QED) is 0.914. The van der Waals surface area contributed by atoms with Crippen LogP contribution in [-0.2, 0) is 6.42 Å². The number of halogens is 3. The SMILES string of the molecule is Cc1sc2nc(CCC(F)(F)F)nc(N)c2c1C. The van der Waals surface area contributed by atoms with Crippen LogP contribution in [0.1, 0.15) is 22.7 Å². The Bertz CT molecular complexity index is 589. The van der Waals surface area contributed by atoms with Gasteiger partial charge in [0.05, 0.1) is 11.8 Å². The average Bonchev–Trinajstić information content (AvgIpc) is 2.51. The fourth-order valence-electron chi connectivity index (χ4n) is 1.69. The molecule has 0 aromatic carbocycles. The molecule has 2 rings (SSSR count). The number of hydrogen-bond acceptors (Lipinski definition) is 4. The summed E-state index contributed by atoms with van der Waals surface area (Å²) >= 11 is 1.43. The van der Waals surface area contributed by atoms with Crippen molar-refractivity contribution in [3.63, 3.8) is 0 Å². The van der Waals surface area contributed by atoms with Crippen LogP contribution in [0.3, 0.4) is 0 Å². The molecule has 3 nitrogen and oxygen atoms in total. The molecule has 2 aromatic heterocycles. The Kier molecular flexibility index (Phi) is 3.18. The molecule has 0 unspecified atom stereocenters. The summed E-state index contributed by atoms with van der Waals surface area (Å²) in [7, 11) is 0. The number of thiophene rings is 1. The zero-order valence-corrected chi connectivity index (χ0v) is 10.7. The Balaban J connectivity index is 2.38. The summed E-state index contributed by atoms with van der Waals surface area (Å²) in [5.74, 6) is 0.414. The number of hydrogen-bond donors (Lipinski definition) is 1. The first kappa shape index (κ1) is 13.1. The lowest BCUT2D eigenvalue weighted by Crippen LogP contribution is -2.10. The minimum Gasteiger partial charge on any atom is -0.383 e. The Morgan fingerprint density at radius 3 is 2.50 bits per heavy atom. The molecule has 0 radical (unpaired) electrons. The first-order chi connectivity index (χ1) is 8.28. The molecule has 2 heterocycles. The second-order valence-corrected chi connectivity index (χ2v) is 5.31. The van der Waals surface area contributed by atoms with Crippen molar-refractivity contribution < 1.29 is 13.2 Å². The number of alkyl halides is 3. The van der Waals surface area contributed by atoms with Crippen molar-refractivity contribution in [2.75, 3.05) is 5.73 Å². The highest BCUT2D eigenvalue weighted by atomic mass is 32.1. The highest BCUT2D eigenvalue weighted by Gasteiger charge is 2.27. The number of aryl methyl sites for hydroxylation is 3. The van der Waals surface area contributed by atoms with Gasteiger partial charge in [-0.05, 0) is 19.4 Å². The predicted octanol–water partition coefficient (Wildman–Crippen LogP) is 3.39. The smallest absolute Gasteiger partial charge is 0.383 e. The number of anilines is 1. The molecule has 0 aliphatic carbocycles. The van der Waals surface area contributed by atoms with E-state index < -0.39 is 12.6 Å². The van der Waals surface area contributed by atoms with Crippen LogP contribution < -0.4 is 5.73 Å². The third-order valence-corrected chi connectivity index (χ3v) is 3.84. The van der Waals surface area contributed by atoms with E-state index in [-0.39, 0.29) is 18.1 Å². The highest BCUT2D eigenvalue weighted by molar-refractivity contribution is 7.18. The van der Waals surface area contributed by atoms with Gasteiger partial charge < -0.3 is 5.73 Å². The Hall–Kier alpha value is -1.37. The van der Waals surface area contributed by atoms with Crippen molar-refractivity contribution in [3.8, 4) is 0 Å². The Labute approximate surface area is 106 Å². The Morgan fingerprint density at radius 2 is 1.89 bits per heavy atom. The van der Waals surface area contributed by atoms with E-state index in [1.54, 1.807) is 0 Å². The van der Waals surface area contributed by atoms with Crippen molar-refractivity contribution >= 4 is 27.4 Å². The second kappa shape index (κ2) is 4.38.